The highest BCUT2D eigenvalue weighted by Gasteiger charge is 2.22. The van der Waals surface area contributed by atoms with Gasteiger partial charge < -0.3 is 9.73 Å². The molecule has 2 atom stereocenters. The van der Waals surface area contributed by atoms with Gasteiger partial charge in [-0.1, -0.05) is 41.9 Å². The lowest BCUT2D eigenvalue weighted by molar-refractivity contribution is -0.117. The van der Waals surface area contributed by atoms with Crippen LogP contribution in [0.3, 0.4) is 0 Å². The zero-order valence-electron chi connectivity index (χ0n) is 13.8. The van der Waals surface area contributed by atoms with E-state index in [0.717, 1.165) is 11.3 Å². The van der Waals surface area contributed by atoms with Crippen molar-refractivity contribution in [1.82, 2.24) is 5.32 Å². The van der Waals surface area contributed by atoms with Crippen LogP contribution in [-0.2, 0) is 4.79 Å². The van der Waals surface area contributed by atoms with Gasteiger partial charge in [0.2, 0.25) is 5.91 Å². The Morgan fingerprint density at radius 1 is 1.00 bits per heavy atom. The first-order valence-electron chi connectivity index (χ1n) is 8.04. The number of carbonyl (C=O) groups is 1. The maximum atomic E-state index is 12.5. The van der Waals surface area contributed by atoms with Crippen LogP contribution >= 0.6 is 11.6 Å². The van der Waals surface area contributed by atoms with E-state index < -0.39 is 6.04 Å². The summed E-state index contributed by atoms with van der Waals surface area (Å²) in [5.74, 6) is 0.632. The summed E-state index contributed by atoms with van der Waals surface area (Å²) in [5.41, 5.74) is 1.74. The van der Waals surface area contributed by atoms with Gasteiger partial charge in [0.05, 0.1) is 18.3 Å². The number of nitrogens with one attached hydrogen (secondary N) is 2. The standard InChI is InChI=1S/C20H19ClN2O2/c1-14(20(24)23-17-11-9-16(21)10-12-17)22-19(18-8-5-13-25-18)15-6-3-2-4-7-15/h2-14,19,22H,1H3,(H,23,24)/t14-,19+/m1/s1. The predicted octanol–water partition coefficient (Wildman–Crippen LogP) is 4.64. The van der Waals surface area contributed by atoms with E-state index in [1.54, 1.807) is 30.5 Å². The maximum absolute atomic E-state index is 12.5. The Hall–Kier alpha value is -2.56. The van der Waals surface area contributed by atoms with Gasteiger partial charge in [-0.2, -0.15) is 0 Å². The number of carbonyl (C=O) groups excluding carboxylic acids is 1. The molecular formula is C20H19ClN2O2. The number of furan rings is 1. The van der Waals surface area contributed by atoms with Gasteiger partial charge in [0.15, 0.2) is 0 Å². The molecule has 0 unspecified atom stereocenters. The van der Waals surface area contributed by atoms with Gasteiger partial charge in [0.1, 0.15) is 5.76 Å². The Morgan fingerprint density at radius 2 is 1.72 bits per heavy atom. The lowest BCUT2D eigenvalue weighted by Gasteiger charge is -2.22. The van der Waals surface area contributed by atoms with Crippen LogP contribution in [0.1, 0.15) is 24.3 Å². The van der Waals surface area contributed by atoms with Crippen molar-refractivity contribution in [3.63, 3.8) is 0 Å². The minimum atomic E-state index is -0.425. The fourth-order valence-corrected chi connectivity index (χ4v) is 2.68. The SMILES string of the molecule is C[C@@H](N[C@@H](c1ccccc1)c1ccco1)C(=O)Nc1ccc(Cl)cc1. The van der Waals surface area contributed by atoms with E-state index in [0.29, 0.717) is 10.7 Å². The molecule has 128 valence electrons. The minimum absolute atomic E-state index is 0.130. The van der Waals surface area contributed by atoms with Crippen molar-refractivity contribution in [3.8, 4) is 0 Å². The van der Waals surface area contributed by atoms with Crippen LogP contribution in [-0.4, -0.2) is 11.9 Å². The highest BCUT2D eigenvalue weighted by molar-refractivity contribution is 6.30. The third-order valence-corrected chi connectivity index (χ3v) is 4.13. The molecule has 4 nitrogen and oxygen atoms in total. The first-order chi connectivity index (χ1) is 12.1. The molecule has 1 heterocycles. The van der Waals surface area contributed by atoms with E-state index in [1.807, 2.05) is 49.4 Å². The topological polar surface area (TPSA) is 54.3 Å². The Morgan fingerprint density at radius 3 is 2.36 bits per heavy atom. The van der Waals surface area contributed by atoms with Crippen molar-refractivity contribution in [2.24, 2.45) is 0 Å². The quantitative estimate of drug-likeness (QED) is 0.678. The van der Waals surface area contributed by atoms with E-state index in [4.69, 9.17) is 16.0 Å². The Kier molecular flexibility index (Phi) is 5.53. The van der Waals surface area contributed by atoms with Gasteiger partial charge in [-0.25, -0.2) is 0 Å². The summed E-state index contributed by atoms with van der Waals surface area (Å²) in [6.45, 7) is 1.82. The van der Waals surface area contributed by atoms with Gasteiger partial charge in [-0.05, 0) is 48.9 Å². The highest BCUT2D eigenvalue weighted by atomic mass is 35.5. The van der Waals surface area contributed by atoms with Crippen LogP contribution in [0.2, 0.25) is 5.02 Å². The largest absolute Gasteiger partial charge is 0.467 e. The van der Waals surface area contributed by atoms with E-state index in [1.165, 1.54) is 0 Å². The fourth-order valence-electron chi connectivity index (χ4n) is 2.55. The normalized spacial score (nSPS) is 13.2. The second kappa shape index (κ2) is 8.01. The van der Waals surface area contributed by atoms with E-state index in [9.17, 15) is 4.79 Å². The summed E-state index contributed by atoms with van der Waals surface area (Å²) < 4.78 is 5.55. The zero-order valence-corrected chi connectivity index (χ0v) is 14.5. The fraction of sp³-hybridized carbons (Fsp3) is 0.150. The molecule has 0 fully saturated rings. The van der Waals surface area contributed by atoms with Crippen molar-refractivity contribution in [2.75, 3.05) is 5.32 Å². The summed E-state index contributed by atoms with van der Waals surface area (Å²) in [6.07, 6.45) is 1.63. The highest BCUT2D eigenvalue weighted by Crippen LogP contribution is 2.23. The lowest BCUT2D eigenvalue weighted by Crippen LogP contribution is -2.40. The average Bonchev–Trinajstić information content (AvgIpc) is 3.16. The van der Waals surface area contributed by atoms with Gasteiger partial charge in [0.25, 0.3) is 0 Å². The van der Waals surface area contributed by atoms with Crippen LogP contribution in [0.15, 0.2) is 77.4 Å². The molecule has 5 heteroatoms. The number of benzene rings is 2. The Labute approximate surface area is 151 Å². The Balaban J connectivity index is 1.72. The molecule has 3 aromatic rings. The molecule has 2 N–H and O–H groups in total. The molecule has 1 amide bonds. The molecule has 0 spiro atoms. The molecule has 0 bridgehead atoms. The summed E-state index contributed by atoms with van der Waals surface area (Å²) >= 11 is 5.87. The number of hydrogen-bond acceptors (Lipinski definition) is 3. The van der Waals surface area contributed by atoms with E-state index in [2.05, 4.69) is 10.6 Å². The summed E-state index contributed by atoms with van der Waals surface area (Å²) in [6, 6.07) is 20.0. The van der Waals surface area contributed by atoms with Crippen LogP contribution in [0.4, 0.5) is 5.69 Å². The smallest absolute Gasteiger partial charge is 0.241 e. The summed E-state index contributed by atoms with van der Waals surface area (Å²) in [4.78, 5) is 12.5. The second-order valence-electron chi connectivity index (χ2n) is 5.74. The molecule has 25 heavy (non-hydrogen) atoms. The predicted molar refractivity (Wildman–Crippen MR) is 99.7 cm³/mol. The van der Waals surface area contributed by atoms with Crippen molar-refractivity contribution in [3.05, 3.63) is 89.3 Å². The second-order valence-corrected chi connectivity index (χ2v) is 6.18. The lowest BCUT2D eigenvalue weighted by atomic mass is 10.0. The number of hydrogen-bond donors (Lipinski definition) is 2. The summed E-state index contributed by atoms with van der Waals surface area (Å²) in [7, 11) is 0. The molecule has 3 rings (SSSR count). The molecule has 2 aromatic carbocycles. The number of amides is 1. The number of anilines is 1. The van der Waals surface area contributed by atoms with Crippen molar-refractivity contribution < 1.29 is 9.21 Å². The first-order valence-corrected chi connectivity index (χ1v) is 8.42. The molecule has 0 radical (unpaired) electrons. The van der Waals surface area contributed by atoms with E-state index in [-0.39, 0.29) is 11.9 Å². The van der Waals surface area contributed by atoms with Gasteiger partial charge in [0, 0.05) is 10.7 Å². The molecule has 0 aliphatic rings. The van der Waals surface area contributed by atoms with Crippen molar-refractivity contribution in [1.29, 1.82) is 0 Å². The third-order valence-electron chi connectivity index (χ3n) is 3.88. The van der Waals surface area contributed by atoms with Crippen LogP contribution in [0.5, 0.6) is 0 Å². The molecule has 0 saturated carbocycles. The molecule has 0 aliphatic heterocycles. The van der Waals surface area contributed by atoms with Crippen LogP contribution < -0.4 is 10.6 Å². The zero-order chi connectivity index (χ0) is 17.6. The third kappa shape index (κ3) is 4.50. The molecule has 1 aromatic heterocycles. The van der Waals surface area contributed by atoms with Crippen molar-refractivity contribution in [2.45, 2.75) is 19.0 Å². The van der Waals surface area contributed by atoms with Crippen LogP contribution in [0.25, 0.3) is 0 Å². The summed E-state index contributed by atoms with van der Waals surface area (Å²) in [5, 5.41) is 6.85. The van der Waals surface area contributed by atoms with Crippen molar-refractivity contribution >= 4 is 23.2 Å². The average molecular weight is 355 g/mol. The number of halogens is 1. The maximum Gasteiger partial charge on any atom is 0.241 e. The molecule has 0 saturated heterocycles. The van der Waals surface area contributed by atoms with Crippen LogP contribution in [0, 0.1) is 0 Å². The van der Waals surface area contributed by atoms with Gasteiger partial charge in [-0.3, -0.25) is 10.1 Å². The van der Waals surface area contributed by atoms with Gasteiger partial charge in [-0.15, -0.1) is 0 Å². The monoisotopic (exact) mass is 354 g/mol. The van der Waals surface area contributed by atoms with Gasteiger partial charge >= 0.3 is 0 Å². The number of rotatable bonds is 6. The van der Waals surface area contributed by atoms with E-state index >= 15 is 0 Å². The Bertz CT molecular complexity index is 801. The first kappa shape index (κ1) is 17.3. The minimum Gasteiger partial charge on any atom is -0.467 e. The molecular weight excluding hydrogens is 336 g/mol. The molecule has 0 aliphatic carbocycles.